The molecule has 0 bridgehead atoms. The fourth-order valence-electron chi connectivity index (χ4n) is 4.71. The van der Waals surface area contributed by atoms with Crippen molar-refractivity contribution in [3.63, 3.8) is 0 Å². The Hall–Kier alpha value is -2.23. The summed E-state index contributed by atoms with van der Waals surface area (Å²) in [5, 5.41) is 13.0. The van der Waals surface area contributed by atoms with E-state index in [4.69, 9.17) is 24.1 Å². The molecule has 3 heterocycles. The van der Waals surface area contributed by atoms with Crippen LogP contribution in [0.1, 0.15) is 36.0 Å². The molecule has 0 radical (unpaired) electrons. The Kier molecular flexibility index (Phi) is 9.74. The first-order chi connectivity index (χ1) is 17.2. The average Bonchev–Trinajstić information content (AvgIpc) is 3.43. The van der Waals surface area contributed by atoms with Crippen molar-refractivity contribution < 1.29 is 28.8 Å². The molecule has 3 atom stereocenters. The van der Waals surface area contributed by atoms with Crippen molar-refractivity contribution in [3.05, 3.63) is 69.6 Å². The highest BCUT2D eigenvalue weighted by Crippen LogP contribution is 2.40. The highest BCUT2D eigenvalue weighted by Gasteiger charge is 2.39. The van der Waals surface area contributed by atoms with Gasteiger partial charge in [-0.05, 0) is 59.4 Å². The summed E-state index contributed by atoms with van der Waals surface area (Å²) < 4.78 is 23.3. The van der Waals surface area contributed by atoms with Gasteiger partial charge in [-0.1, -0.05) is 24.3 Å². The predicted octanol–water partition coefficient (Wildman–Crippen LogP) is 3.73. The number of carbonyl (C=O) groups is 1. The zero-order chi connectivity index (χ0) is 24.5. The number of rotatable bonds is 12. The summed E-state index contributed by atoms with van der Waals surface area (Å²) in [4.78, 5) is 15.4. The Morgan fingerprint density at radius 1 is 1.14 bits per heavy atom. The number of amides is 1. The minimum absolute atomic E-state index is 0.00295. The number of aliphatic hydroxyl groups is 1. The van der Waals surface area contributed by atoms with Crippen LogP contribution >= 0.6 is 11.3 Å². The van der Waals surface area contributed by atoms with Crippen LogP contribution < -0.4 is 0 Å². The van der Waals surface area contributed by atoms with Gasteiger partial charge in [0.05, 0.1) is 26.4 Å². The lowest BCUT2D eigenvalue weighted by Gasteiger charge is -2.38. The molecular formula is C27H35NO6S. The van der Waals surface area contributed by atoms with Gasteiger partial charge in [-0.15, -0.1) is 0 Å². The summed E-state index contributed by atoms with van der Waals surface area (Å²) in [6.07, 6.45) is 3.02. The molecule has 0 spiro atoms. The number of hydrogen-bond donors (Lipinski definition) is 1. The average molecular weight is 502 g/mol. The molecule has 2 aromatic rings. The maximum absolute atomic E-state index is 13.5. The molecule has 1 aromatic carbocycles. The summed E-state index contributed by atoms with van der Waals surface area (Å²) in [6, 6.07) is 10.4. The summed E-state index contributed by atoms with van der Waals surface area (Å²) in [5.41, 5.74) is 3.66. The Morgan fingerprint density at radius 2 is 1.94 bits per heavy atom. The van der Waals surface area contributed by atoms with E-state index in [2.05, 4.69) is 29.0 Å². The van der Waals surface area contributed by atoms with Crippen molar-refractivity contribution in [2.24, 2.45) is 5.92 Å². The van der Waals surface area contributed by atoms with Gasteiger partial charge in [0.2, 0.25) is 6.29 Å². The lowest BCUT2D eigenvalue weighted by atomic mass is 9.82. The standard InChI is InChI=1S/C27H35NO6S/c1-2-33-27-23(8-12-31-14-15-32-13-11-29)24(22-9-16-35-19-22)17-25(34-27)26(30)28-10-7-20-5-3-4-6-21(20)18-28/h3-6,9,16-17,19,23-24,27,29H,2,7-8,10-15,18H2,1H3/t23-,24+,27+/m1/s1. The van der Waals surface area contributed by atoms with E-state index in [0.29, 0.717) is 51.9 Å². The highest BCUT2D eigenvalue weighted by atomic mass is 32.1. The number of benzene rings is 1. The molecule has 2 aliphatic heterocycles. The zero-order valence-corrected chi connectivity index (χ0v) is 21.1. The third-order valence-electron chi connectivity index (χ3n) is 6.48. The third-order valence-corrected chi connectivity index (χ3v) is 7.18. The topological polar surface area (TPSA) is 77.5 Å². The van der Waals surface area contributed by atoms with Crippen LogP contribution in [0, 0.1) is 5.92 Å². The lowest BCUT2D eigenvalue weighted by Crippen LogP contribution is -2.42. The fraction of sp³-hybridized carbons (Fsp3) is 0.519. The Balaban J connectivity index is 1.47. The molecule has 190 valence electrons. The third kappa shape index (κ3) is 6.71. The number of hydrogen-bond acceptors (Lipinski definition) is 7. The van der Waals surface area contributed by atoms with Gasteiger partial charge in [-0.3, -0.25) is 4.79 Å². The number of aliphatic hydroxyl groups excluding tert-OH is 1. The van der Waals surface area contributed by atoms with Crippen LogP contribution in [0.5, 0.6) is 0 Å². The number of carbonyl (C=O) groups excluding carboxylic acids is 1. The van der Waals surface area contributed by atoms with E-state index in [-0.39, 0.29) is 24.3 Å². The molecule has 1 N–H and O–H groups in total. The Labute approximate surface area is 211 Å². The summed E-state index contributed by atoms with van der Waals surface area (Å²) in [6.45, 7) is 5.46. The summed E-state index contributed by atoms with van der Waals surface area (Å²) in [5.74, 6) is 0.298. The van der Waals surface area contributed by atoms with Crippen molar-refractivity contribution in [3.8, 4) is 0 Å². The van der Waals surface area contributed by atoms with E-state index in [1.807, 2.05) is 30.0 Å². The highest BCUT2D eigenvalue weighted by molar-refractivity contribution is 7.08. The molecule has 7 nitrogen and oxygen atoms in total. The molecule has 0 saturated carbocycles. The molecule has 0 aliphatic carbocycles. The molecular weight excluding hydrogens is 466 g/mol. The van der Waals surface area contributed by atoms with Crippen molar-refractivity contribution in [2.45, 2.75) is 38.5 Å². The number of thiophene rings is 1. The van der Waals surface area contributed by atoms with Gasteiger partial charge in [0, 0.05) is 38.1 Å². The van der Waals surface area contributed by atoms with Crippen molar-refractivity contribution in [1.29, 1.82) is 0 Å². The second kappa shape index (κ2) is 13.2. The molecule has 2 aliphatic rings. The van der Waals surface area contributed by atoms with Crippen LogP contribution in [-0.2, 0) is 36.7 Å². The van der Waals surface area contributed by atoms with E-state index < -0.39 is 6.29 Å². The van der Waals surface area contributed by atoms with Crippen molar-refractivity contribution in [1.82, 2.24) is 4.90 Å². The monoisotopic (exact) mass is 501 g/mol. The lowest BCUT2D eigenvalue weighted by molar-refractivity contribution is -0.172. The van der Waals surface area contributed by atoms with Gasteiger partial charge in [0.1, 0.15) is 0 Å². The molecule has 0 saturated heterocycles. The number of nitrogens with zero attached hydrogens (tertiary/aromatic N) is 1. The van der Waals surface area contributed by atoms with Gasteiger partial charge in [-0.25, -0.2) is 0 Å². The second-order valence-corrected chi connectivity index (χ2v) is 9.48. The van der Waals surface area contributed by atoms with Gasteiger partial charge < -0.3 is 29.0 Å². The predicted molar refractivity (Wildman–Crippen MR) is 134 cm³/mol. The molecule has 0 unspecified atom stereocenters. The van der Waals surface area contributed by atoms with Gasteiger partial charge in [0.25, 0.3) is 5.91 Å². The molecule has 1 amide bonds. The fourth-order valence-corrected chi connectivity index (χ4v) is 5.41. The van der Waals surface area contributed by atoms with E-state index in [1.54, 1.807) is 11.3 Å². The maximum atomic E-state index is 13.5. The first-order valence-corrected chi connectivity index (χ1v) is 13.3. The van der Waals surface area contributed by atoms with Crippen molar-refractivity contribution >= 4 is 17.2 Å². The van der Waals surface area contributed by atoms with E-state index in [9.17, 15) is 4.79 Å². The largest absolute Gasteiger partial charge is 0.459 e. The van der Waals surface area contributed by atoms with E-state index >= 15 is 0 Å². The molecule has 35 heavy (non-hydrogen) atoms. The van der Waals surface area contributed by atoms with E-state index in [0.717, 1.165) is 18.4 Å². The van der Waals surface area contributed by atoms with Crippen LogP contribution in [0.15, 0.2) is 52.9 Å². The Bertz CT molecular complexity index is 962. The van der Waals surface area contributed by atoms with Crippen LogP contribution in [0.2, 0.25) is 0 Å². The minimum Gasteiger partial charge on any atom is -0.459 e. The van der Waals surface area contributed by atoms with Gasteiger partial charge >= 0.3 is 0 Å². The smallest absolute Gasteiger partial charge is 0.289 e. The first-order valence-electron chi connectivity index (χ1n) is 12.4. The van der Waals surface area contributed by atoms with Crippen LogP contribution in [0.3, 0.4) is 0 Å². The van der Waals surface area contributed by atoms with Crippen molar-refractivity contribution in [2.75, 3.05) is 46.2 Å². The molecule has 4 rings (SSSR count). The quantitative estimate of drug-likeness (QED) is 0.447. The minimum atomic E-state index is -0.528. The van der Waals surface area contributed by atoms with Gasteiger partial charge in [0.15, 0.2) is 5.76 Å². The normalized spacial score (nSPS) is 21.8. The zero-order valence-electron chi connectivity index (χ0n) is 20.3. The number of fused-ring (bicyclic) bond motifs is 1. The number of allylic oxidation sites excluding steroid dienone is 1. The number of ether oxygens (including phenoxy) is 4. The first kappa shape index (κ1) is 25.9. The SMILES string of the molecule is CCO[C@H]1OC(C(=O)N2CCc3ccccc3C2)=C[C@@H](c2ccsc2)[C@H]1CCOCCOCCO. The Morgan fingerprint density at radius 3 is 2.69 bits per heavy atom. The summed E-state index contributed by atoms with van der Waals surface area (Å²) in [7, 11) is 0. The van der Waals surface area contributed by atoms with Crippen LogP contribution in [0.25, 0.3) is 0 Å². The summed E-state index contributed by atoms with van der Waals surface area (Å²) >= 11 is 1.64. The molecule has 0 fully saturated rings. The maximum Gasteiger partial charge on any atom is 0.289 e. The molecule has 1 aromatic heterocycles. The van der Waals surface area contributed by atoms with Gasteiger partial charge in [-0.2, -0.15) is 11.3 Å². The van der Waals surface area contributed by atoms with Crippen LogP contribution in [-0.4, -0.2) is 68.4 Å². The molecule has 8 heteroatoms. The van der Waals surface area contributed by atoms with Crippen LogP contribution in [0.4, 0.5) is 0 Å². The van der Waals surface area contributed by atoms with E-state index in [1.165, 1.54) is 11.1 Å². The second-order valence-electron chi connectivity index (χ2n) is 8.70.